The zero-order chi connectivity index (χ0) is 27.1. The molecule has 0 atom stereocenters. The van der Waals surface area contributed by atoms with Crippen LogP contribution in [0, 0.1) is 0 Å². The second-order valence-electron chi connectivity index (χ2n) is 8.51. The second kappa shape index (κ2) is 9.42. The molecule has 1 aliphatic heterocycles. The van der Waals surface area contributed by atoms with Crippen molar-refractivity contribution in [2.24, 2.45) is 0 Å². The van der Waals surface area contributed by atoms with Gasteiger partial charge < -0.3 is 14.8 Å². The number of amides is 1. The first-order valence-electron chi connectivity index (χ1n) is 11.2. The summed E-state index contributed by atoms with van der Waals surface area (Å²) in [6.45, 7) is 0. The van der Waals surface area contributed by atoms with Crippen molar-refractivity contribution in [2.75, 3.05) is 16.3 Å². The summed E-state index contributed by atoms with van der Waals surface area (Å²) in [5.41, 5.74) is 3.68. The predicted octanol–water partition coefficient (Wildman–Crippen LogP) is 6.65. The highest BCUT2D eigenvalue weighted by atomic mass is 32.2. The molecule has 0 aromatic heterocycles. The van der Waals surface area contributed by atoms with Crippen LogP contribution < -0.4 is 19.5 Å². The average Bonchev–Trinajstić information content (AvgIpc) is 2.97. The Kier molecular flexibility index (Phi) is 6.23. The van der Waals surface area contributed by atoms with Gasteiger partial charge in [0, 0.05) is 5.69 Å². The van der Waals surface area contributed by atoms with Crippen LogP contribution >= 0.6 is 0 Å². The highest BCUT2D eigenvalue weighted by Crippen LogP contribution is 2.40. The van der Waals surface area contributed by atoms with Crippen LogP contribution in [0.25, 0.3) is 22.3 Å². The number of carbonyl (C=O) groups is 1. The molecule has 194 valence electrons. The molecule has 0 aliphatic carbocycles. The zero-order valence-electron chi connectivity index (χ0n) is 19.7. The van der Waals surface area contributed by atoms with E-state index in [-0.39, 0.29) is 11.3 Å². The van der Waals surface area contributed by atoms with Crippen LogP contribution in [0.3, 0.4) is 0 Å². The van der Waals surface area contributed by atoms with E-state index >= 15 is 0 Å². The van der Waals surface area contributed by atoms with E-state index in [1.165, 1.54) is 24.3 Å². The van der Waals surface area contributed by atoms with E-state index in [4.69, 9.17) is 4.74 Å². The maximum atomic E-state index is 13.1. The molecule has 0 saturated carbocycles. The minimum atomic E-state index is -4.78. The van der Waals surface area contributed by atoms with Crippen LogP contribution in [0.5, 0.6) is 17.2 Å². The number of rotatable bonds is 5. The lowest BCUT2D eigenvalue weighted by Crippen LogP contribution is -2.16. The molecular formula is C27H19F3N2O5S. The Morgan fingerprint density at radius 1 is 0.816 bits per heavy atom. The minimum Gasteiger partial charge on any atom is -0.454 e. The SMILES string of the molecule is CS(=O)(=O)Nc1cccc(-c2ccc3c(c2)C(=O)Nc2cc(-c4ccc(OC(F)(F)F)cc4)ccc2O3)c1. The lowest BCUT2D eigenvalue weighted by atomic mass is 10.0. The molecule has 0 unspecified atom stereocenters. The average molecular weight is 541 g/mol. The quantitative estimate of drug-likeness (QED) is 0.296. The van der Waals surface area contributed by atoms with Crippen molar-refractivity contribution in [3.05, 3.63) is 90.5 Å². The lowest BCUT2D eigenvalue weighted by molar-refractivity contribution is -0.274. The maximum Gasteiger partial charge on any atom is 0.573 e. The molecular weight excluding hydrogens is 521 g/mol. The standard InChI is InChI=1S/C27H19F3N2O5S/c1-38(34,35)32-20-4-2-3-17(13-20)18-7-11-24-22(14-18)26(33)31-23-15-19(8-12-25(23)36-24)16-5-9-21(10-6-16)37-27(28,29)30/h2-15,32H,1H3,(H,31,33). The maximum absolute atomic E-state index is 13.1. The normalized spacial score (nSPS) is 12.9. The van der Waals surface area contributed by atoms with Crippen LogP contribution in [0.2, 0.25) is 0 Å². The first-order chi connectivity index (χ1) is 17.9. The Morgan fingerprint density at radius 3 is 2.13 bits per heavy atom. The molecule has 1 amide bonds. The third kappa shape index (κ3) is 5.73. The van der Waals surface area contributed by atoms with Gasteiger partial charge in [0.05, 0.1) is 17.5 Å². The fourth-order valence-corrected chi connectivity index (χ4v) is 4.56. The van der Waals surface area contributed by atoms with E-state index in [0.29, 0.717) is 45.1 Å². The second-order valence-corrected chi connectivity index (χ2v) is 10.3. The highest BCUT2D eigenvalue weighted by molar-refractivity contribution is 7.92. The van der Waals surface area contributed by atoms with Gasteiger partial charge in [0.2, 0.25) is 10.0 Å². The molecule has 5 rings (SSSR count). The van der Waals surface area contributed by atoms with Crippen molar-refractivity contribution in [1.29, 1.82) is 0 Å². The van der Waals surface area contributed by atoms with Crippen molar-refractivity contribution in [1.82, 2.24) is 0 Å². The molecule has 1 aliphatic rings. The Morgan fingerprint density at radius 2 is 1.45 bits per heavy atom. The van der Waals surface area contributed by atoms with Gasteiger partial charge in [-0.1, -0.05) is 36.4 Å². The lowest BCUT2D eigenvalue weighted by Gasteiger charge is -2.12. The molecule has 7 nitrogen and oxygen atoms in total. The van der Waals surface area contributed by atoms with Gasteiger partial charge in [-0.15, -0.1) is 13.2 Å². The third-order valence-corrected chi connectivity index (χ3v) is 6.20. The van der Waals surface area contributed by atoms with E-state index in [1.807, 2.05) is 0 Å². The Hall–Kier alpha value is -4.51. The van der Waals surface area contributed by atoms with E-state index in [0.717, 1.165) is 6.26 Å². The molecule has 0 fully saturated rings. The number of anilines is 2. The molecule has 4 aromatic carbocycles. The number of nitrogens with one attached hydrogen (secondary N) is 2. The van der Waals surface area contributed by atoms with Gasteiger partial charge in [-0.05, 0) is 70.8 Å². The number of alkyl halides is 3. The van der Waals surface area contributed by atoms with Gasteiger partial charge in [-0.25, -0.2) is 8.42 Å². The summed E-state index contributed by atoms with van der Waals surface area (Å²) < 4.78 is 72.8. The fraction of sp³-hybridized carbons (Fsp3) is 0.0741. The summed E-state index contributed by atoms with van der Waals surface area (Å²) in [7, 11) is -3.45. The van der Waals surface area contributed by atoms with Gasteiger partial charge in [-0.2, -0.15) is 0 Å². The van der Waals surface area contributed by atoms with Crippen LogP contribution in [0.4, 0.5) is 24.5 Å². The zero-order valence-corrected chi connectivity index (χ0v) is 20.5. The first kappa shape index (κ1) is 25.2. The number of sulfonamides is 1. The van der Waals surface area contributed by atoms with Gasteiger partial charge in [0.15, 0.2) is 5.75 Å². The number of benzene rings is 4. The largest absolute Gasteiger partial charge is 0.573 e. The molecule has 0 bridgehead atoms. The van der Waals surface area contributed by atoms with Crippen LogP contribution in [-0.2, 0) is 10.0 Å². The number of hydrogen-bond acceptors (Lipinski definition) is 5. The monoisotopic (exact) mass is 540 g/mol. The van der Waals surface area contributed by atoms with Crippen molar-refractivity contribution in [3.8, 4) is 39.5 Å². The van der Waals surface area contributed by atoms with Gasteiger partial charge in [0.1, 0.15) is 11.5 Å². The highest BCUT2D eigenvalue weighted by Gasteiger charge is 2.31. The van der Waals surface area contributed by atoms with Crippen molar-refractivity contribution in [2.45, 2.75) is 6.36 Å². The first-order valence-corrected chi connectivity index (χ1v) is 13.0. The fourth-order valence-electron chi connectivity index (χ4n) is 4.01. The molecule has 11 heteroatoms. The molecule has 1 heterocycles. The van der Waals surface area contributed by atoms with Crippen LogP contribution in [0.1, 0.15) is 10.4 Å². The van der Waals surface area contributed by atoms with Gasteiger partial charge in [0.25, 0.3) is 5.91 Å². The number of fused-ring (bicyclic) bond motifs is 2. The Bertz CT molecular complexity index is 1650. The number of hydrogen-bond donors (Lipinski definition) is 2. The van der Waals surface area contributed by atoms with Crippen molar-refractivity contribution in [3.63, 3.8) is 0 Å². The Labute approximate surface area is 215 Å². The summed E-state index contributed by atoms with van der Waals surface area (Å²) in [5, 5.41) is 2.82. The predicted molar refractivity (Wildman–Crippen MR) is 137 cm³/mol. The van der Waals surface area contributed by atoms with E-state index in [9.17, 15) is 26.4 Å². The summed E-state index contributed by atoms with van der Waals surface area (Å²) in [5.74, 6) is -0.0320. The molecule has 0 saturated heterocycles. The molecule has 4 aromatic rings. The third-order valence-electron chi connectivity index (χ3n) is 5.59. The van der Waals surface area contributed by atoms with Crippen molar-refractivity contribution >= 4 is 27.3 Å². The van der Waals surface area contributed by atoms with E-state index in [2.05, 4.69) is 14.8 Å². The minimum absolute atomic E-state index is 0.273. The molecule has 38 heavy (non-hydrogen) atoms. The van der Waals surface area contributed by atoms with E-state index in [1.54, 1.807) is 60.7 Å². The topological polar surface area (TPSA) is 93.7 Å². The summed E-state index contributed by atoms with van der Waals surface area (Å²) >= 11 is 0. The van der Waals surface area contributed by atoms with Gasteiger partial charge in [-0.3, -0.25) is 9.52 Å². The molecule has 0 spiro atoms. The van der Waals surface area contributed by atoms with E-state index < -0.39 is 22.3 Å². The summed E-state index contributed by atoms with van der Waals surface area (Å²) in [6, 6.07) is 22.3. The van der Waals surface area contributed by atoms with Crippen LogP contribution in [-0.4, -0.2) is 26.9 Å². The van der Waals surface area contributed by atoms with Crippen molar-refractivity contribution < 1.29 is 35.9 Å². The summed E-state index contributed by atoms with van der Waals surface area (Å²) in [6.07, 6.45) is -3.72. The molecule has 2 N–H and O–H groups in total. The smallest absolute Gasteiger partial charge is 0.454 e. The molecule has 0 radical (unpaired) electrons. The van der Waals surface area contributed by atoms with Crippen LogP contribution in [0.15, 0.2) is 84.9 Å². The number of ether oxygens (including phenoxy) is 2. The number of halogens is 3. The Balaban J connectivity index is 1.41. The number of carbonyl (C=O) groups excluding carboxylic acids is 1. The van der Waals surface area contributed by atoms with Gasteiger partial charge >= 0.3 is 6.36 Å². The summed E-state index contributed by atoms with van der Waals surface area (Å²) in [4.78, 5) is 13.1.